The molecule has 1 heterocycles. The summed E-state index contributed by atoms with van der Waals surface area (Å²) in [7, 11) is -3.85. The molecular formula is C22H28N2O4S. The third-order valence-electron chi connectivity index (χ3n) is 4.98. The molecule has 2 unspecified atom stereocenters. The molecule has 3 rings (SSSR count). The maximum atomic E-state index is 13.2. The number of hydrogen-bond acceptors (Lipinski definition) is 4. The predicted molar refractivity (Wildman–Crippen MR) is 114 cm³/mol. The van der Waals surface area contributed by atoms with E-state index in [9.17, 15) is 13.2 Å². The van der Waals surface area contributed by atoms with Crippen molar-refractivity contribution in [1.82, 2.24) is 4.90 Å². The van der Waals surface area contributed by atoms with Crippen LogP contribution in [0.2, 0.25) is 0 Å². The smallest absolute Gasteiger partial charge is 0.262 e. The quantitative estimate of drug-likeness (QED) is 0.825. The third kappa shape index (κ3) is 4.62. The molecule has 2 atom stereocenters. The summed E-state index contributed by atoms with van der Waals surface area (Å²) in [6, 6.07) is 10.4. The van der Waals surface area contributed by atoms with Crippen LogP contribution in [0.25, 0.3) is 0 Å². The lowest BCUT2D eigenvalue weighted by atomic mass is 10.1. The molecule has 1 amide bonds. The van der Waals surface area contributed by atoms with Gasteiger partial charge in [0.25, 0.3) is 15.9 Å². The Balaban J connectivity index is 1.95. The van der Waals surface area contributed by atoms with Crippen molar-refractivity contribution in [1.29, 1.82) is 0 Å². The molecule has 0 spiro atoms. The molecule has 0 aromatic heterocycles. The van der Waals surface area contributed by atoms with E-state index in [0.29, 0.717) is 29.8 Å². The van der Waals surface area contributed by atoms with Gasteiger partial charge in [0.15, 0.2) is 0 Å². The molecule has 1 aliphatic heterocycles. The number of benzene rings is 2. The minimum atomic E-state index is -3.85. The number of ether oxygens (including phenoxy) is 1. The SMILES string of the molecule is Cc1cc(C)c(S(=O)(=O)Nc2ccccc2C(=O)N2CC(C)OC(C)C2)c(C)c1. The van der Waals surface area contributed by atoms with Crippen LogP contribution >= 0.6 is 0 Å². The Hall–Kier alpha value is -2.38. The standard InChI is InChI=1S/C22H28N2O4S/c1-14-10-15(2)21(16(3)11-14)29(26,27)23-20-9-7-6-8-19(20)22(25)24-12-17(4)28-18(5)13-24/h6-11,17-18,23H,12-13H2,1-5H3. The monoisotopic (exact) mass is 416 g/mol. The van der Waals surface area contributed by atoms with Crippen molar-refractivity contribution in [2.75, 3.05) is 17.8 Å². The van der Waals surface area contributed by atoms with Crippen LogP contribution in [-0.4, -0.2) is 44.5 Å². The van der Waals surface area contributed by atoms with Crippen LogP contribution in [0, 0.1) is 20.8 Å². The molecule has 1 fully saturated rings. The highest BCUT2D eigenvalue weighted by Gasteiger charge is 2.29. The largest absolute Gasteiger partial charge is 0.372 e. The van der Waals surface area contributed by atoms with Crippen LogP contribution in [0.3, 0.4) is 0 Å². The van der Waals surface area contributed by atoms with E-state index in [1.165, 1.54) is 0 Å². The second-order valence-corrected chi connectivity index (χ2v) is 9.47. The average molecular weight is 417 g/mol. The molecule has 0 radical (unpaired) electrons. The van der Waals surface area contributed by atoms with Crippen molar-refractivity contribution in [3.05, 3.63) is 58.7 Å². The van der Waals surface area contributed by atoms with Gasteiger partial charge >= 0.3 is 0 Å². The molecule has 2 aromatic carbocycles. The highest BCUT2D eigenvalue weighted by atomic mass is 32.2. The number of hydrogen-bond donors (Lipinski definition) is 1. The minimum absolute atomic E-state index is 0.0654. The first kappa shape index (κ1) is 21.3. The van der Waals surface area contributed by atoms with E-state index in [1.807, 2.05) is 32.9 Å². The summed E-state index contributed by atoms with van der Waals surface area (Å²) in [5.74, 6) is -0.206. The summed E-state index contributed by atoms with van der Waals surface area (Å²) >= 11 is 0. The molecular weight excluding hydrogens is 388 g/mol. The second kappa shape index (κ2) is 8.16. The van der Waals surface area contributed by atoms with Crippen LogP contribution in [0.4, 0.5) is 5.69 Å². The Morgan fingerprint density at radius 1 is 1.03 bits per heavy atom. The zero-order valence-corrected chi connectivity index (χ0v) is 18.3. The van der Waals surface area contributed by atoms with Gasteiger partial charge in [-0.05, 0) is 57.9 Å². The van der Waals surface area contributed by atoms with E-state index in [-0.39, 0.29) is 28.7 Å². The molecule has 1 N–H and O–H groups in total. The molecule has 6 nitrogen and oxygen atoms in total. The van der Waals surface area contributed by atoms with Gasteiger partial charge < -0.3 is 9.64 Å². The molecule has 0 bridgehead atoms. The van der Waals surface area contributed by atoms with Gasteiger partial charge in [-0.2, -0.15) is 0 Å². The fourth-order valence-electron chi connectivity index (χ4n) is 4.06. The van der Waals surface area contributed by atoms with Gasteiger partial charge in [0.05, 0.1) is 28.4 Å². The number of sulfonamides is 1. The van der Waals surface area contributed by atoms with Gasteiger partial charge in [-0.25, -0.2) is 8.42 Å². The van der Waals surface area contributed by atoms with Crippen molar-refractivity contribution < 1.29 is 17.9 Å². The van der Waals surface area contributed by atoms with Crippen molar-refractivity contribution in [3.63, 3.8) is 0 Å². The Morgan fingerprint density at radius 2 is 1.59 bits per heavy atom. The Morgan fingerprint density at radius 3 is 2.17 bits per heavy atom. The molecule has 1 aliphatic rings. The zero-order valence-electron chi connectivity index (χ0n) is 17.5. The number of carbonyl (C=O) groups excluding carboxylic acids is 1. The number of para-hydroxylation sites is 1. The average Bonchev–Trinajstić information content (AvgIpc) is 2.59. The maximum absolute atomic E-state index is 13.2. The minimum Gasteiger partial charge on any atom is -0.372 e. The molecule has 7 heteroatoms. The Labute approximate surface area is 172 Å². The first-order valence-electron chi connectivity index (χ1n) is 9.73. The fraction of sp³-hybridized carbons (Fsp3) is 0.409. The van der Waals surface area contributed by atoms with E-state index >= 15 is 0 Å². The number of carbonyl (C=O) groups is 1. The van der Waals surface area contributed by atoms with E-state index in [0.717, 1.165) is 5.56 Å². The fourth-order valence-corrected chi connectivity index (χ4v) is 5.59. The van der Waals surface area contributed by atoms with Gasteiger partial charge in [-0.15, -0.1) is 0 Å². The van der Waals surface area contributed by atoms with E-state index in [1.54, 1.807) is 43.0 Å². The van der Waals surface area contributed by atoms with Gasteiger partial charge in [0, 0.05) is 13.1 Å². The maximum Gasteiger partial charge on any atom is 0.262 e. The molecule has 0 saturated carbocycles. The van der Waals surface area contributed by atoms with E-state index in [4.69, 9.17) is 4.74 Å². The van der Waals surface area contributed by atoms with Crippen molar-refractivity contribution in [2.24, 2.45) is 0 Å². The van der Waals surface area contributed by atoms with Gasteiger partial charge in [-0.1, -0.05) is 29.8 Å². The van der Waals surface area contributed by atoms with E-state index < -0.39 is 10.0 Å². The summed E-state index contributed by atoms with van der Waals surface area (Å²) in [4.78, 5) is 15.1. The number of amides is 1. The first-order valence-corrected chi connectivity index (χ1v) is 11.2. The summed E-state index contributed by atoms with van der Waals surface area (Å²) in [5.41, 5.74) is 2.97. The van der Waals surface area contributed by atoms with Crippen molar-refractivity contribution in [3.8, 4) is 0 Å². The number of nitrogens with one attached hydrogen (secondary N) is 1. The second-order valence-electron chi connectivity index (χ2n) is 7.85. The highest BCUT2D eigenvalue weighted by Crippen LogP contribution is 2.27. The normalized spacial score (nSPS) is 19.8. The molecule has 29 heavy (non-hydrogen) atoms. The van der Waals surface area contributed by atoms with Crippen LogP contribution < -0.4 is 4.72 Å². The molecule has 0 aliphatic carbocycles. The van der Waals surface area contributed by atoms with Crippen LogP contribution in [0.15, 0.2) is 41.3 Å². The van der Waals surface area contributed by atoms with Crippen LogP contribution in [0.5, 0.6) is 0 Å². The topological polar surface area (TPSA) is 75.7 Å². The summed E-state index contributed by atoms with van der Waals surface area (Å²) in [5, 5.41) is 0. The van der Waals surface area contributed by atoms with Crippen molar-refractivity contribution >= 4 is 21.6 Å². The lowest BCUT2D eigenvalue weighted by Crippen LogP contribution is -2.48. The van der Waals surface area contributed by atoms with Gasteiger partial charge in [0.1, 0.15) is 0 Å². The lowest BCUT2D eigenvalue weighted by molar-refractivity contribution is -0.0585. The molecule has 2 aromatic rings. The third-order valence-corrected chi connectivity index (χ3v) is 6.65. The molecule has 156 valence electrons. The van der Waals surface area contributed by atoms with Crippen LogP contribution in [-0.2, 0) is 14.8 Å². The number of rotatable bonds is 4. The Bertz CT molecular complexity index is 1000. The van der Waals surface area contributed by atoms with Gasteiger partial charge in [-0.3, -0.25) is 9.52 Å². The molecule has 1 saturated heterocycles. The summed E-state index contributed by atoms with van der Waals surface area (Å²) < 4.78 is 34.6. The lowest BCUT2D eigenvalue weighted by Gasteiger charge is -2.35. The first-order chi connectivity index (χ1) is 13.6. The van der Waals surface area contributed by atoms with Gasteiger partial charge in [0.2, 0.25) is 0 Å². The summed E-state index contributed by atoms with van der Waals surface area (Å²) in [6.07, 6.45) is -0.131. The van der Waals surface area contributed by atoms with Crippen molar-refractivity contribution in [2.45, 2.75) is 51.7 Å². The zero-order chi connectivity index (χ0) is 21.3. The summed E-state index contributed by atoms with van der Waals surface area (Å²) in [6.45, 7) is 10.3. The Kier molecular flexibility index (Phi) is 6.00. The highest BCUT2D eigenvalue weighted by molar-refractivity contribution is 7.92. The number of aryl methyl sites for hydroxylation is 3. The number of morpholine rings is 1. The van der Waals surface area contributed by atoms with E-state index in [2.05, 4.69) is 4.72 Å². The number of nitrogens with zero attached hydrogens (tertiary/aromatic N) is 1. The number of anilines is 1. The van der Waals surface area contributed by atoms with Crippen LogP contribution in [0.1, 0.15) is 40.9 Å². The predicted octanol–water partition coefficient (Wildman–Crippen LogP) is 3.66.